The van der Waals surface area contributed by atoms with E-state index in [0.29, 0.717) is 12.1 Å². The number of furan rings is 1. The van der Waals surface area contributed by atoms with Crippen LogP contribution in [0.2, 0.25) is 0 Å². The van der Waals surface area contributed by atoms with Crippen LogP contribution in [0, 0.1) is 6.92 Å². The van der Waals surface area contributed by atoms with E-state index in [9.17, 15) is 0 Å². The van der Waals surface area contributed by atoms with Gasteiger partial charge in [0, 0.05) is 37.8 Å². The monoisotopic (exact) mass is 254 g/mol. The maximum absolute atomic E-state index is 5.33. The van der Waals surface area contributed by atoms with Gasteiger partial charge in [-0.3, -0.25) is 4.90 Å². The SMILES string of the molecule is COCC(CNC(C)C)N(C)Cc1ccoc1C. The van der Waals surface area contributed by atoms with E-state index < -0.39 is 0 Å². The van der Waals surface area contributed by atoms with Gasteiger partial charge in [-0.2, -0.15) is 0 Å². The van der Waals surface area contributed by atoms with Crippen molar-refractivity contribution in [1.82, 2.24) is 10.2 Å². The topological polar surface area (TPSA) is 37.6 Å². The van der Waals surface area contributed by atoms with Crippen molar-refractivity contribution in [2.24, 2.45) is 0 Å². The Labute approximate surface area is 110 Å². The molecule has 4 heteroatoms. The molecule has 1 unspecified atom stereocenters. The maximum Gasteiger partial charge on any atom is 0.105 e. The van der Waals surface area contributed by atoms with Crippen LogP contribution < -0.4 is 5.32 Å². The number of hydrogen-bond donors (Lipinski definition) is 1. The van der Waals surface area contributed by atoms with Gasteiger partial charge in [0.15, 0.2) is 0 Å². The number of aryl methyl sites for hydroxylation is 1. The first-order valence-corrected chi connectivity index (χ1v) is 6.50. The van der Waals surface area contributed by atoms with Gasteiger partial charge >= 0.3 is 0 Å². The second-order valence-corrected chi connectivity index (χ2v) is 5.09. The number of nitrogens with zero attached hydrogens (tertiary/aromatic N) is 1. The average Bonchev–Trinajstić information content (AvgIpc) is 2.70. The summed E-state index contributed by atoms with van der Waals surface area (Å²) < 4.78 is 10.6. The molecule has 0 radical (unpaired) electrons. The lowest BCUT2D eigenvalue weighted by molar-refractivity contribution is 0.0999. The van der Waals surface area contributed by atoms with Crippen molar-refractivity contribution >= 4 is 0 Å². The molecule has 1 heterocycles. The first-order chi connectivity index (χ1) is 8.54. The predicted molar refractivity (Wildman–Crippen MR) is 73.7 cm³/mol. The van der Waals surface area contributed by atoms with Gasteiger partial charge in [-0.05, 0) is 20.0 Å². The minimum atomic E-state index is 0.367. The number of likely N-dealkylation sites (N-methyl/N-ethyl adjacent to an activating group) is 1. The van der Waals surface area contributed by atoms with E-state index in [1.54, 1.807) is 13.4 Å². The van der Waals surface area contributed by atoms with Crippen molar-refractivity contribution in [3.63, 3.8) is 0 Å². The van der Waals surface area contributed by atoms with Crippen LogP contribution in [-0.2, 0) is 11.3 Å². The molecule has 0 aliphatic rings. The third kappa shape index (κ3) is 4.80. The molecule has 1 aromatic heterocycles. The molecular formula is C14H26N2O2. The van der Waals surface area contributed by atoms with E-state index in [-0.39, 0.29) is 0 Å². The Hall–Kier alpha value is -0.840. The first-order valence-electron chi connectivity index (χ1n) is 6.50. The first kappa shape index (κ1) is 15.2. The largest absolute Gasteiger partial charge is 0.469 e. The molecule has 0 aromatic carbocycles. The highest BCUT2D eigenvalue weighted by molar-refractivity contribution is 5.15. The van der Waals surface area contributed by atoms with Gasteiger partial charge in [0.25, 0.3) is 0 Å². The fraction of sp³-hybridized carbons (Fsp3) is 0.714. The number of nitrogens with one attached hydrogen (secondary N) is 1. The lowest BCUT2D eigenvalue weighted by Crippen LogP contribution is -2.44. The molecule has 1 rings (SSSR count). The van der Waals surface area contributed by atoms with E-state index in [2.05, 4.69) is 31.1 Å². The summed E-state index contributed by atoms with van der Waals surface area (Å²) in [6.45, 7) is 8.86. The van der Waals surface area contributed by atoms with E-state index in [0.717, 1.165) is 25.5 Å². The summed E-state index contributed by atoms with van der Waals surface area (Å²) in [5.74, 6) is 0.995. The average molecular weight is 254 g/mol. The zero-order valence-electron chi connectivity index (χ0n) is 12.2. The van der Waals surface area contributed by atoms with Crippen LogP contribution in [0.5, 0.6) is 0 Å². The van der Waals surface area contributed by atoms with Gasteiger partial charge < -0.3 is 14.5 Å². The molecule has 1 N–H and O–H groups in total. The van der Waals surface area contributed by atoms with Crippen LogP contribution in [0.15, 0.2) is 16.7 Å². The van der Waals surface area contributed by atoms with Gasteiger partial charge in [-0.25, -0.2) is 0 Å². The number of rotatable bonds is 8. The summed E-state index contributed by atoms with van der Waals surface area (Å²) in [6, 6.07) is 2.89. The zero-order valence-corrected chi connectivity index (χ0v) is 12.2. The zero-order chi connectivity index (χ0) is 13.5. The number of hydrogen-bond acceptors (Lipinski definition) is 4. The maximum atomic E-state index is 5.33. The lowest BCUT2D eigenvalue weighted by Gasteiger charge is -2.28. The van der Waals surface area contributed by atoms with E-state index >= 15 is 0 Å². The molecule has 18 heavy (non-hydrogen) atoms. The quantitative estimate of drug-likeness (QED) is 0.770. The van der Waals surface area contributed by atoms with Gasteiger partial charge in [-0.15, -0.1) is 0 Å². The number of ether oxygens (including phenoxy) is 1. The van der Waals surface area contributed by atoms with Gasteiger partial charge in [0.2, 0.25) is 0 Å². The summed E-state index contributed by atoms with van der Waals surface area (Å²) in [6.07, 6.45) is 1.75. The fourth-order valence-electron chi connectivity index (χ4n) is 1.88. The Morgan fingerprint density at radius 3 is 2.67 bits per heavy atom. The highest BCUT2D eigenvalue weighted by Gasteiger charge is 2.16. The van der Waals surface area contributed by atoms with Gasteiger partial charge in [0.1, 0.15) is 5.76 Å². The van der Waals surface area contributed by atoms with Crippen LogP contribution in [0.3, 0.4) is 0 Å². The summed E-state index contributed by atoms with van der Waals surface area (Å²) >= 11 is 0. The van der Waals surface area contributed by atoms with Crippen molar-refractivity contribution in [1.29, 1.82) is 0 Å². The fourth-order valence-corrected chi connectivity index (χ4v) is 1.88. The third-order valence-electron chi connectivity index (χ3n) is 3.13. The number of methoxy groups -OCH3 is 1. The van der Waals surface area contributed by atoms with Crippen molar-refractivity contribution in [3.05, 3.63) is 23.7 Å². The van der Waals surface area contributed by atoms with E-state index in [4.69, 9.17) is 9.15 Å². The Kier molecular flexibility index (Phi) is 6.39. The second kappa shape index (κ2) is 7.56. The highest BCUT2D eigenvalue weighted by Crippen LogP contribution is 2.12. The van der Waals surface area contributed by atoms with Crippen LogP contribution in [-0.4, -0.2) is 44.3 Å². The summed E-state index contributed by atoms with van der Waals surface area (Å²) in [7, 11) is 3.87. The molecular weight excluding hydrogens is 228 g/mol. The normalized spacial score (nSPS) is 13.5. The van der Waals surface area contributed by atoms with Crippen molar-refractivity contribution in [2.45, 2.75) is 39.4 Å². The summed E-state index contributed by atoms with van der Waals surface area (Å²) in [4.78, 5) is 2.30. The van der Waals surface area contributed by atoms with Crippen molar-refractivity contribution in [2.75, 3.05) is 27.3 Å². The van der Waals surface area contributed by atoms with E-state index in [1.807, 2.05) is 13.0 Å². The Bertz CT molecular complexity index is 336. The Morgan fingerprint density at radius 1 is 1.44 bits per heavy atom. The third-order valence-corrected chi connectivity index (χ3v) is 3.13. The van der Waals surface area contributed by atoms with Gasteiger partial charge in [-0.1, -0.05) is 13.8 Å². The minimum Gasteiger partial charge on any atom is -0.469 e. The van der Waals surface area contributed by atoms with Crippen LogP contribution in [0.1, 0.15) is 25.2 Å². The van der Waals surface area contributed by atoms with Crippen LogP contribution in [0.25, 0.3) is 0 Å². The molecule has 104 valence electrons. The van der Waals surface area contributed by atoms with Gasteiger partial charge in [0.05, 0.1) is 12.9 Å². The van der Waals surface area contributed by atoms with Crippen molar-refractivity contribution in [3.8, 4) is 0 Å². The molecule has 0 fully saturated rings. The Morgan fingerprint density at radius 2 is 2.17 bits per heavy atom. The minimum absolute atomic E-state index is 0.367. The standard InChI is InChI=1S/C14H26N2O2/c1-11(2)15-8-14(10-17-5)16(4)9-13-6-7-18-12(13)3/h6-7,11,14-15H,8-10H2,1-5H3. The molecule has 0 aliphatic carbocycles. The van der Waals surface area contributed by atoms with E-state index in [1.165, 1.54) is 5.56 Å². The molecule has 0 aliphatic heterocycles. The molecule has 4 nitrogen and oxygen atoms in total. The van der Waals surface area contributed by atoms with Crippen molar-refractivity contribution < 1.29 is 9.15 Å². The summed E-state index contributed by atoms with van der Waals surface area (Å²) in [5, 5.41) is 3.46. The lowest BCUT2D eigenvalue weighted by atomic mass is 10.2. The molecule has 0 bridgehead atoms. The highest BCUT2D eigenvalue weighted by atomic mass is 16.5. The second-order valence-electron chi connectivity index (χ2n) is 5.09. The Balaban J connectivity index is 2.53. The summed E-state index contributed by atoms with van der Waals surface area (Å²) in [5.41, 5.74) is 1.24. The molecule has 0 spiro atoms. The molecule has 0 saturated heterocycles. The van der Waals surface area contributed by atoms with Crippen LogP contribution >= 0.6 is 0 Å². The molecule has 1 atom stereocenters. The molecule has 1 aromatic rings. The van der Waals surface area contributed by atoms with Crippen LogP contribution in [0.4, 0.5) is 0 Å². The molecule has 0 amide bonds. The molecule has 0 saturated carbocycles. The predicted octanol–water partition coefficient (Wildman–Crippen LogP) is 2.03. The smallest absolute Gasteiger partial charge is 0.105 e.